The summed E-state index contributed by atoms with van der Waals surface area (Å²) in [6.07, 6.45) is 7.96. The van der Waals surface area contributed by atoms with Crippen molar-refractivity contribution in [1.82, 2.24) is 5.32 Å². The van der Waals surface area contributed by atoms with Crippen molar-refractivity contribution in [2.24, 2.45) is 17.3 Å². The quantitative estimate of drug-likeness (QED) is 0.514. The molecule has 2 nitrogen and oxygen atoms in total. The van der Waals surface area contributed by atoms with Crippen molar-refractivity contribution in [1.29, 1.82) is 0 Å². The molecule has 0 aromatic carbocycles. The fourth-order valence-corrected chi connectivity index (χ4v) is 3.60. The second-order valence-corrected chi connectivity index (χ2v) is 7.39. The van der Waals surface area contributed by atoms with Crippen molar-refractivity contribution in [3.05, 3.63) is 0 Å². The van der Waals surface area contributed by atoms with Gasteiger partial charge < -0.3 is 5.32 Å². The van der Waals surface area contributed by atoms with E-state index in [-0.39, 0.29) is 5.41 Å². The van der Waals surface area contributed by atoms with Crippen LogP contribution in [0.15, 0.2) is 0 Å². The minimum atomic E-state index is -0.0464. The molecule has 0 bridgehead atoms. The van der Waals surface area contributed by atoms with Crippen LogP contribution >= 0.6 is 15.9 Å². The number of hydrogen-bond acceptors (Lipinski definition) is 1. The molecule has 1 fully saturated rings. The van der Waals surface area contributed by atoms with Crippen LogP contribution < -0.4 is 5.32 Å². The van der Waals surface area contributed by atoms with Gasteiger partial charge in [-0.1, -0.05) is 49.5 Å². The van der Waals surface area contributed by atoms with Gasteiger partial charge in [0.15, 0.2) is 0 Å². The Hall–Kier alpha value is -0.0500. The summed E-state index contributed by atoms with van der Waals surface area (Å²) in [6, 6.07) is 0. The number of amides is 1. The van der Waals surface area contributed by atoms with Crippen LogP contribution in [0.5, 0.6) is 0 Å². The van der Waals surface area contributed by atoms with Crippen LogP contribution in [0.25, 0.3) is 0 Å². The minimum absolute atomic E-state index is 0.0464. The molecule has 1 atom stereocenters. The van der Waals surface area contributed by atoms with E-state index >= 15 is 0 Å². The molecule has 3 heteroatoms. The Morgan fingerprint density at radius 2 is 1.89 bits per heavy atom. The molecule has 0 saturated heterocycles. The Morgan fingerprint density at radius 1 is 1.26 bits per heavy atom. The normalized spacial score (nSPS) is 19.6. The van der Waals surface area contributed by atoms with Crippen molar-refractivity contribution in [2.75, 3.05) is 11.9 Å². The van der Waals surface area contributed by atoms with Crippen LogP contribution in [0.4, 0.5) is 0 Å². The molecular formula is C16H30BrNO. The highest BCUT2D eigenvalue weighted by Gasteiger charge is 2.40. The van der Waals surface area contributed by atoms with Crippen molar-refractivity contribution < 1.29 is 4.79 Å². The lowest BCUT2D eigenvalue weighted by Gasteiger charge is -2.29. The van der Waals surface area contributed by atoms with Gasteiger partial charge in [-0.3, -0.25) is 4.79 Å². The van der Waals surface area contributed by atoms with Gasteiger partial charge in [-0.15, -0.1) is 0 Å². The first-order valence-corrected chi connectivity index (χ1v) is 8.96. The summed E-state index contributed by atoms with van der Waals surface area (Å²) in [5, 5.41) is 4.25. The summed E-state index contributed by atoms with van der Waals surface area (Å²) in [5.41, 5.74) is -0.0464. The molecule has 1 unspecified atom stereocenters. The lowest BCUT2D eigenvalue weighted by molar-refractivity contribution is -0.131. The van der Waals surface area contributed by atoms with Crippen LogP contribution in [0, 0.1) is 17.3 Å². The fraction of sp³-hybridized carbons (Fsp3) is 0.938. The van der Waals surface area contributed by atoms with Gasteiger partial charge in [0, 0.05) is 17.3 Å². The van der Waals surface area contributed by atoms with E-state index in [0.717, 1.165) is 37.6 Å². The third-order valence-corrected chi connectivity index (χ3v) is 5.37. The average molecular weight is 332 g/mol. The molecule has 1 aliphatic rings. The number of carbonyl (C=O) groups excluding carboxylic acids is 1. The Bertz CT molecular complexity index is 272. The molecular weight excluding hydrogens is 302 g/mol. The zero-order chi connectivity index (χ0) is 14.3. The molecule has 1 aliphatic carbocycles. The third-order valence-electron chi connectivity index (χ3n) is 4.26. The van der Waals surface area contributed by atoms with E-state index in [1.807, 2.05) is 0 Å². The number of halogens is 1. The Morgan fingerprint density at radius 3 is 2.42 bits per heavy atom. The van der Waals surface area contributed by atoms with Gasteiger partial charge in [0.05, 0.1) is 0 Å². The van der Waals surface area contributed by atoms with Crippen LogP contribution in [0.2, 0.25) is 0 Å². The first kappa shape index (κ1) is 17.0. The Kier molecular flexibility index (Phi) is 7.41. The third kappa shape index (κ3) is 5.45. The molecule has 0 aromatic rings. The molecule has 0 aliphatic heterocycles. The van der Waals surface area contributed by atoms with Crippen molar-refractivity contribution >= 4 is 21.8 Å². The van der Waals surface area contributed by atoms with Crippen molar-refractivity contribution in [2.45, 2.75) is 65.7 Å². The SMILES string of the molecule is CC(C)CC1(C(=O)NCCCC(C)CBr)CCCC1. The summed E-state index contributed by atoms with van der Waals surface area (Å²) < 4.78 is 0. The second kappa shape index (κ2) is 8.28. The van der Waals surface area contributed by atoms with E-state index in [1.165, 1.54) is 19.3 Å². The van der Waals surface area contributed by atoms with Gasteiger partial charge in [-0.25, -0.2) is 0 Å². The van der Waals surface area contributed by atoms with E-state index in [9.17, 15) is 4.79 Å². The average Bonchev–Trinajstić information content (AvgIpc) is 2.82. The molecule has 112 valence electrons. The van der Waals surface area contributed by atoms with Crippen LogP contribution in [0.3, 0.4) is 0 Å². The number of rotatable bonds is 8. The monoisotopic (exact) mass is 331 g/mol. The van der Waals surface area contributed by atoms with Crippen molar-refractivity contribution in [3.8, 4) is 0 Å². The first-order valence-electron chi connectivity index (χ1n) is 7.84. The largest absolute Gasteiger partial charge is 0.356 e. The van der Waals surface area contributed by atoms with E-state index in [0.29, 0.717) is 17.7 Å². The number of hydrogen-bond donors (Lipinski definition) is 1. The van der Waals surface area contributed by atoms with Gasteiger partial charge in [-0.2, -0.15) is 0 Å². The predicted octanol–water partition coefficient (Wildman–Crippen LogP) is 4.52. The van der Waals surface area contributed by atoms with Crippen LogP contribution in [0.1, 0.15) is 65.7 Å². The smallest absolute Gasteiger partial charge is 0.226 e. The summed E-state index contributed by atoms with van der Waals surface area (Å²) in [5.74, 6) is 1.63. The number of carbonyl (C=O) groups is 1. The molecule has 0 aromatic heterocycles. The fourth-order valence-electron chi connectivity index (χ4n) is 3.27. The molecule has 1 rings (SSSR count). The second-order valence-electron chi connectivity index (χ2n) is 6.74. The number of nitrogens with one attached hydrogen (secondary N) is 1. The molecule has 1 amide bonds. The number of alkyl halides is 1. The van der Waals surface area contributed by atoms with Gasteiger partial charge in [-0.05, 0) is 43.9 Å². The Labute approximate surface area is 127 Å². The van der Waals surface area contributed by atoms with E-state index in [4.69, 9.17) is 0 Å². The highest BCUT2D eigenvalue weighted by Crippen LogP contribution is 2.43. The molecule has 0 spiro atoms. The zero-order valence-corrected chi connectivity index (χ0v) is 14.4. The van der Waals surface area contributed by atoms with Gasteiger partial charge >= 0.3 is 0 Å². The zero-order valence-electron chi connectivity index (χ0n) is 12.8. The van der Waals surface area contributed by atoms with Gasteiger partial charge in [0.2, 0.25) is 5.91 Å². The molecule has 0 radical (unpaired) electrons. The van der Waals surface area contributed by atoms with E-state index in [2.05, 4.69) is 42.0 Å². The predicted molar refractivity (Wildman–Crippen MR) is 85.6 cm³/mol. The molecule has 0 heterocycles. The highest BCUT2D eigenvalue weighted by molar-refractivity contribution is 9.09. The van der Waals surface area contributed by atoms with E-state index in [1.54, 1.807) is 0 Å². The maximum absolute atomic E-state index is 12.5. The molecule has 19 heavy (non-hydrogen) atoms. The molecule has 1 saturated carbocycles. The highest BCUT2D eigenvalue weighted by atomic mass is 79.9. The lowest BCUT2D eigenvalue weighted by atomic mass is 9.77. The standard InChI is InChI=1S/C16H30BrNO/c1-13(2)11-16(8-4-5-9-16)15(19)18-10-6-7-14(3)12-17/h13-14H,4-12H2,1-3H3,(H,18,19). The van der Waals surface area contributed by atoms with Crippen LogP contribution in [-0.4, -0.2) is 17.8 Å². The van der Waals surface area contributed by atoms with Crippen LogP contribution in [-0.2, 0) is 4.79 Å². The van der Waals surface area contributed by atoms with Gasteiger partial charge in [0.25, 0.3) is 0 Å². The van der Waals surface area contributed by atoms with Gasteiger partial charge in [0.1, 0.15) is 0 Å². The summed E-state index contributed by atoms with van der Waals surface area (Å²) in [4.78, 5) is 12.5. The molecule has 1 N–H and O–H groups in total. The summed E-state index contributed by atoms with van der Waals surface area (Å²) >= 11 is 3.50. The topological polar surface area (TPSA) is 29.1 Å². The van der Waals surface area contributed by atoms with Crippen molar-refractivity contribution in [3.63, 3.8) is 0 Å². The summed E-state index contributed by atoms with van der Waals surface area (Å²) in [6.45, 7) is 7.54. The minimum Gasteiger partial charge on any atom is -0.356 e. The maximum atomic E-state index is 12.5. The maximum Gasteiger partial charge on any atom is 0.226 e. The first-order chi connectivity index (χ1) is 9.00. The summed E-state index contributed by atoms with van der Waals surface area (Å²) in [7, 11) is 0. The Balaban J connectivity index is 2.37. The van der Waals surface area contributed by atoms with E-state index < -0.39 is 0 Å². The lowest BCUT2D eigenvalue weighted by Crippen LogP contribution is -2.40.